The van der Waals surface area contributed by atoms with Gasteiger partial charge in [-0.2, -0.15) is 0 Å². The predicted molar refractivity (Wildman–Crippen MR) is 83.7 cm³/mol. The lowest BCUT2D eigenvalue weighted by atomic mass is 10.0. The van der Waals surface area contributed by atoms with E-state index in [1.807, 2.05) is 0 Å². The molecule has 1 unspecified atom stereocenters. The monoisotopic (exact) mass is 303 g/mol. The van der Waals surface area contributed by atoms with E-state index in [0.29, 0.717) is 16.6 Å². The second kappa shape index (κ2) is 4.68. The molecule has 5 nitrogen and oxygen atoms in total. The van der Waals surface area contributed by atoms with E-state index in [0.717, 1.165) is 42.6 Å². The lowest BCUT2D eigenvalue weighted by Gasteiger charge is -2.21. The number of aromatic nitrogens is 1. The molecule has 1 aliphatic heterocycles. The summed E-state index contributed by atoms with van der Waals surface area (Å²) in [5.41, 5.74) is 9.23. The summed E-state index contributed by atoms with van der Waals surface area (Å²) < 4.78 is 0. The van der Waals surface area contributed by atoms with Crippen molar-refractivity contribution in [1.82, 2.24) is 10.3 Å². The van der Waals surface area contributed by atoms with E-state index < -0.39 is 0 Å². The molecule has 6 heteroatoms. The molecule has 0 spiro atoms. The minimum absolute atomic E-state index is 0.0429. The van der Waals surface area contributed by atoms with Crippen molar-refractivity contribution in [2.75, 3.05) is 19.3 Å². The van der Waals surface area contributed by atoms with Crippen molar-refractivity contribution in [3.8, 4) is 0 Å². The van der Waals surface area contributed by atoms with Gasteiger partial charge in [-0.1, -0.05) is 0 Å². The minimum atomic E-state index is -0.0429. The molecular weight excluding hydrogens is 284 g/mol. The molecule has 0 radical (unpaired) electrons. The third kappa shape index (κ3) is 2.28. The zero-order valence-electron chi connectivity index (χ0n) is 12.0. The number of quaternary nitrogens is 1. The van der Waals surface area contributed by atoms with Crippen molar-refractivity contribution in [1.29, 1.82) is 0 Å². The average Bonchev–Trinajstić information content (AvgIpc) is 3.21. The largest absolute Gasteiger partial charge is 0.397 e. The van der Waals surface area contributed by atoms with E-state index in [1.165, 1.54) is 27.5 Å². The quantitative estimate of drug-likeness (QED) is 0.749. The maximum atomic E-state index is 12.2. The highest BCUT2D eigenvalue weighted by atomic mass is 32.1. The van der Waals surface area contributed by atoms with Crippen LogP contribution in [0.4, 0.5) is 5.69 Å². The van der Waals surface area contributed by atoms with E-state index in [9.17, 15) is 4.79 Å². The summed E-state index contributed by atoms with van der Waals surface area (Å²) in [6, 6.07) is 2.49. The van der Waals surface area contributed by atoms with Crippen LogP contribution in [0.15, 0.2) is 6.07 Å². The van der Waals surface area contributed by atoms with Gasteiger partial charge in [0.25, 0.3) is 5.91 Å². The van der Waals surface area contributed by atoms with Crippen LogP contribution in [0, 0.1) is 0 Å². The Labute approximate surface area is 127 Å². The third-order valence-corrected chi connectivity index (χ3v) is 5.40. The number of nitrogen functional groups attached to an aromatic ring is 1. The van der Waals surface area contributed by atoms with Crippen LogP contribution in [0.25, 0.3) is 10.2 Å². The molecule has 4 rings (SSSR count). The molecule has 0 aromatic carbocycles. The number of likely N-dealkylation sites (N-methyl/N-ethyl adjacent to an activating group) is 1. The van der Waals surface area contributed by atoms with E-state index in [1.54, 1.807) is 0 Å². The molecule has 1 fully saturated rings. The van der Waals surface area contributed by atoms with Gasteiger partial charge in [0.05, 0.1) is 25.0 Å². The van der Waals surface area contributed by atoms with Crippen LogP contribution < -0.4 is 16.0 Å². The molecule has 1 aliphatic carbocycles. The van der Waals surface area contributed by atoms with Gasteiger partial charge in [-0.3, -0.25) is 4.79 Å². The van der Waals surface area contributed by atoms with Crippen LogP contribution in [0.1, 0.15) is 33.8 Å². The van der Waals surface area contributed by atoms with Gasteiger partial charge in [0, 0.05) is 23.4 Å². The number of nitrogens with two attached hydrogens (primary N) is 1. The number of nitrogens with zero attached hydrogens (tertiary/aromatic N) is 1. The van der Waals surface area contributed by atoms with E-state index >= 15 is 0 Å². The zero-order chi connectivity index (χ0) is 14.6. The summed E-state index contributed by atoms with van der Waals surface area (Å²) in [5.74, 6) is -0.0429. The second-order valence-electron chi connectivity index (χ2n) is 6.17. The van der Waals surface area contributed by atoms with Crippen LogP contribution in [0.2, 0.25) is 0 Å². The number of pyridine rings is 1. The van der Waals surface area contributed by atoms with Crippen LogP contribution in [-0.2, 0) is 13.0 Å². The maximum absolute atomic E-state index is 12.2. The Morgan fingerprint density at radius 3 is 3.10 bits per heavy atom. The molecule has 2 aromatic heterocycles. The van der Waals surface area contributed by atoms with Crippen molar-refractivity contribution >= 4 is 33.1 Å². The molecule has 1 atom stereocenters. The first-order chi connectivity index (χ1) is 10.1. The molecule has 3 heterocycles. The van der Waals surface area contributed by atoms with Gasteiger partial charge in [0.15, 0.2) is 0 Å². The molecule has 2 aliphatic rings. The van der Waals surface area contributed by atoms with Gasteiger partial charge in [-0.15, -0.1) is 11.3 Å². The van der Waals surface area contributed by atoms with E-state index in [4.69, 9.17) is 10.7 Å². The Bertz CT molecular complexity index is 735. The fourth-order valence-electron chi connectivity index (χ4n) is 2.88. The normalized spacial score (nSPS) is 21.3. The highest BCUT2D eigenvalue weighted by Crippen LogP contribution is 2.34. The van der Waals surface area contributed by atoms with Crippen molar-refractivity contribution < 1.29 is 9.69 Å². The molecule has 1 saturated carbocycles. The highest BCUT2D eigenvalue weighted by molar-refractivity contribution is 7.21. The number of carbonyl (C=O) groups excluding carboxylic acids is 1. The van der Waals surface area contributed by atoms with Gasteiger partial charge >= 0.3 is 0 Å². The van der Waals surface area contributed by atoms with Gasteiger partial charge in [0.1, 0.15) is 16.3 Å². The number of rotatable bonds is 2. The van der Waals surface area contributed by atoms with Crippen molar-refractivity contribution in [2.45, 2.75) is 31.8 Å². The smallest absolute Gasteiger partial charge is 0.263 e. The Hall–Kier alpha value is -1.66. The number of thiophene rings is 1. The number of nitrogens with one attached hydrogen (secondary N) is 2. The molecule has 0 saturated heterocycles. The molecule has 110 valence electrons. The lowest BCUT2D eigenvalue weighted by molar-refractivity contribution is -0.895. The predicted octanol–water partition coefficient (Wildman–Crippen LogP) is 0.342. The Balaban J connectivity index is 1.76. The number of hydrogen-bond donors (Lipinski definition) is 3. The topological polar surface area (TPSA) is 72.5 Å². The molecule has 4 N–H and O–H groups in total. The first-order valence-corrected chi connectivity index (χ1v) is 8.26. The maximum Gasteiger partial charge on any atom is 0.263 e. The first-order valence-electron chi connectivity index (χ1n) is 7.44. The van der Waals surface area contributed by atoms with E-state index in [2.05, 4.69) is 18.4 Å². The fourth-order valence-corrected chi connectivity index (χ4v) is 3.88. The standard InChI is InChI=1S/C15H18N4OS/c1-19-5-4-11-8(7-19)6-10-12(16)13(21-15(10)18-11)14(20)17-9-2-3-9/h6,9H,2-5,7,16H2,1H3,(H,17,20)/p+1. The second-order valence-corrected chi connectivity index (χ2v) is 7.17. The highest BCUT2D eigenvalue weighted by Gasteiger charge is 2.27. The summed E-state index contributed by atoms with van der Waals surface area (Å²) in [6.45, 7) is 2.10. The first kappa shape index (κ1) is 13.0. The number of carbonyl (C=O) groups is 1. The van der Waals surface area contributed by atoms with Crippen LogP contribution in [-0.4, -0.2) is 30.5 Å². The number of hydrogen-bond acceptors (Lipinski definition) is 4. The van der Waals surface area contributed by atoms with Crippen molar-refractivity contribution in [2.24, 2.45) is 0 Å². The van der Waals surface area contributed by atoms with Crippen LogP contribution >= 0.6 is 11.3 Å². The number of amides is 1. The van der Waals surface area contributed by atoms with Gasteiger partial charge in [0.2, 0.25) is 0 Å². The summed E-state index contributed by atoms with van der Waals surface area (Å²) >= 11 is 1.42. The van der Waals surface area contributed by atoms with Crippen LogP contribution in [0.3, 0.4) is 0 Å². The summed E-state index contributed by atoms with van der Waals surface area (Å²) in [6.07, 6.45) is 3.16. The van der Waals surface area contributed by atoms with E-state index in [-0.39, 0.29) is 5.91 Å². The SMILES string of the molecule is C[NH+]1CCc2nc3sc(C(=O)NC4CC4)c(N)c3cc2C1. The van der Waals surface area contributed by atoms with Crippen molar-refractivity contribution in [3.05, 3.63) is 22.2 Å². The minimum Gasteiger partial charge on any atom is -0.397 e. The number of anilines is 1. The van der Waals surface area contributed by atoms with Gasteiger partial charge in [-0.25, -0.2) is 4.98 Å². The Kier molecular flexibility index (Phi) is 2.90. The molecule has 1 amide bonds. The third-order valence-electron chi connectivity index (χ3n) is 4.29. The molecular formula is C15H19N4OS+. The Morgan fingerprint density at radius 1 is 1.52 bits per heavy atom. The van der Waals surface area contributed by atoms with Gasteiger partial charge in [-0.05, 0) is 18.9 Å². The average molecular weight is 303 g/mol. The molecule has 0 bridgehead atoms. The van der Waals surface area contributed by atoms with Crippen molar-refractivity contribution in [3.63, 3.8) is 0 Å². The molecule has 2 aromatic rings. The summed E-state index contributed by atoms with van der Waals surface area (Å²) in [7, 11) is 2.19. The lowest BCUT2D eigenvalue weighted by Crippen LogP contribution is -3.08. The summed E-state index contributed by atoms with van der Waals surface area (Å²) in [5, 5.41) is 3.95. The van der Waals surface area contributed by atoms with Crippen LogP contribution in [0.5, 0.6) is 0 Å². The Morgan fingerprint density at radius 2 is 2.33 bits per heavy atom. The van der Waals surface area contributed by atoms with Gasteiger partial charge < -0.3 is 16.0 Å². The zero-order valence-corrected chi connectivity index (χ0v) is 12.8. The summed E-state index contributed by atoms with van der Waals surface area (Å²) in [4.78, 5) is 20.0. The fraction of sp³-hybridized carbons (Fsp3) is 0.467. The number of fused-ring (bicyclic) bond motifs is 2. The molecule has 21 heavy (non-hydrogen) atoms.